The number of carbonyl (C=O) groups excluding carboxylic acids is 1. The largest absolute Gasteiger partial charge is 0.342 e. The first-order valence-electron chi connectivity index (χ1n) is 5.08. The lowest BCUT2D eigenvalue weighted by Crippen LogP contribution is -2.28. The minimum atomic E-state index is 0.360. The Balaban J connectivity index is 2.25. The van der Waals surface area contributed by atoms with Gasteiger partial charge in [-0.1, -0.05) is 13.3 Å². The molecule has 0 bridgehead atoms. The maximum absolute atomic E-state index is 11.6. The monoisotopic (exact) mass is 201 g/mol. The maximum Gasteiger partial charge on any atom is 0.222 e. The standard InChI is InChI=1S/C10H19NOS/c1-3-4-5-10(12)11-7-6-9(8-11)13-2/h9H,3-8H2,1-2H3. The van der Waals surface area contributed by atoms with E-state index in [0.717, 1.165) is 32.4 Å². The molecule has 1 fully saturated rings. The summed E-state index contributed by atoms with van der Waals surface area (Å²) in [5.41, 5.74) is 0. The SMILES string of the molecule is CCCCC(=O)N1CCC(SC)C1. The third-order valence-electron chi connectivity index (χ3n) is 2.58. The zero-order valence-corrected chi connectivity index (χ0v) is 9.40. The molecule has 0 aromatic heterocycles. The Labute approximate surface area is 85.1 Å². The zero-order chi connectivity index (χ0) is 9.68. The molecule has 0 aromatic rings. The summed E-state index contributed by atoms with van der Waals surface area (Å²) in [7, 11) is 0. The predicted molar refractivity (Wildman–Crippen MR) is 58.0 cm³/mol. The summed E-state index contributed by atoms with van der Waals surface area (Å²) in [5, 5.41) is 0.686. The smallest absolute Gasteiger partial charge is 0.222 e. The normalized spacial score (nSPS) is 22.3. The summed E-state index contributed by atoms with van der Waals surface area (Å²) in [6, 6.07) is 0. The first-order valence-corrected chi connectivity index (χ1v) is 6.37. The Hall–Kier alpha value is -0.180. The van der Waals surface area contributed by atoms with Crippen molar-refractivity contribution in [3.8, 4) is 0 Å². The average Bonchev–Trinajstić information content (AvgIpc) is 2.62. The van der Waals surface area contributed by atoms with Crippen LogP contribution in [0.3, 0.4) is 0 Å². The molecule has 13 heavy (non-hydrogen) atoms. The van der Waals surface area contributed by atoms with Gasteiger partial charge in [0.25, 0.3) is 0 Å². The molecule has 0 spiro atoms. The number of rotatable bonds is 4. The number of nitrogens with zero attached hydrogens (tertiary/aromatic N) is 1. The summed E-state index contributed by atoms with van der Waals surface area (Å²) < 4.78 is 0. The fourth-order valence-corrected chi connectivity index (χ4v) is 2.30. The fraction of sp³-hybridized carbons (Fsp3) is 0.900. The van der Waals surface area contributed by atoms with E-state index >= 15 is 0 Å². The molecule has 1 aliphatic heterocycles. The maximum atomic E-state index is 11.6. The molecular formula is C10H19NOS. The summed E-state index contributed by atoms with van der Waals surface area (Å²) in [4.78, 5) is 13.6. The molecule has 1 unspecified atom stereocenters. The summed E-state index contributed by atoms with van der Waals surface area (Å²) in [6.07, 6.45) is 6.21. The van der Waals surface area contributed by atoms with E-state index in [-0.39, 0.29) is 0 Å². The van der Waals surface area contributed by atoms with E-state index in [1.807, 2.05) is 16.7 Å². The Kier molecular flexibility index (Phi) is 4.64. The molecule has 0 N–H and O–H groups in total. The van der Waals surface area contributed by atoms with Gasteiger partial charge in [-0.3, -0.25) is 4.79 Å². The molecule has 0 aromatic carbocycles. The second-order valence-electron chi connectivity index (χ2n) is 3.59. The van der Waals surface area contributed by atoms with Crippen molar-refractivity contribution < 1.29 is 4.79 Å². The number of thioether (sulfide) groups is 1. The van der Waals surface area contributed by atoms with Gasteiger partial charge in [0.1, 0.15) is 0 Å². The van der Waals surface area contributed by atoms with Gasteiger partial charge in [0.15, 0.2) is 0 Å². The van der Waals surface area contributed by atoms with Crippen molar-refractivity contribution in [1.82, 2.24) is 4.90 Å². The molecule has 1 rings (SSSR count). The van der Waals surface area contributed by atoms with Crippen LogP contribution in [0.2, 0.25) is 0 Å². The Morgan fingerprint density at radius 3 is 2.92 bits per heavy atom. The van der Waals surface area contributed by atoms with Crippen LogP contribution in [-0.4, -0.2) is 35.4 Å². The van der Waals surface area contributed by atoms with E-state index in [1.54, 1.807) is 0 Å². The van der Waals surface area contributed by atoms with Crippen molar-refractivity contribution in [2.24, 2.45) is 0 Å². The molecule has 0 aliphatic carbocycles. The van der Waals surface area contributed by atoms with Crippen LogP contribution in [0, 0.1) is 0 Å². The van der Waals surface area contributed by atoms with Gasteiger partial charge in [0, 0.05) is 24.8 Å². The minimum absolute atomic E-state index is 0.360. The van der Waals surface area contributed by atoms with Gasteiger partial charge in [0.2, 0.25) is 5.91 Å². The summed E-state index contributed by atoms with van der Waals surface area (Å²) >= 11 is 1.88. The van der Waals surface area contributed by atoms with Crippen molar-refractivity contribution in [3.05, 3.63) is 0 Å². The van der Waals surface area contributed by atoms with Crippen LogP contribution < -0.4 is 0 Å². The van der Waals surface area contributed by atoms with E-state index in [1.165, 1.54) is 6.42 Å². The lowest BCUT2D eigenvalue weighted by molar-refractivity contribution is -0.130. The van der Waals surface area contributed by atoms with E-state index < -0.39 is 0 Å². The first kappa shape index (κ1) is 10.9. The van der Waals surface area contributed by atoms with Gasteiger partial charge in [-0.15, -0.1) is 0 Å². The Morgan fingerprint density at radius 2 is 2.38 bits per heavy atom. The third-order valence-corrected chi connectivity index (χ3v) is 3.63. The lowest BCUT2D eigenvalue weighted by Gasteiger charge is -2.15. The van der Waals surface area contributed by atoms with Crippen LogP contribution in [-0.2, 0) is 4.79 Å². The highest BCUT2D eigenvalue weighted by atomic mass is 32.2. The minimum Gasteiger partial charge on any atom is -0.342 e. The highest BCUT2D eigenvalue weighted by Crippen LogP contribution is 2.20. The van der Waals surface area contributed by atoms with E-state index in [4.69, 9.17) is 0 Å². The van der Waals surface area contributed by atoms with Crippen LogP contribution in [0.25, 0.3) is 0 Å². The Morgan fingerprint density at radius 1 is 1.62 bits per heavy atom. The van der Waals surface area contributed by atoms with E-state index in [2.05, 4.69) is 13.2 Å². The van der Waals surface area contributed by atoms with Gasteiger partial charge < -0.3 is 4.90 Å². The molecule has 2 nitrogen and oxygen atoms in total. The molecule has 0 radical (unpaired) electrons. The van der Waals surface area contributed by atoms with Gasteiger partial charge in [-0.25, -0.2) is 0 Å². The molecule has 1 amide bonds. The number of amides is 1. The molecule has 1 heterocycles. The number of likely N-dealkylation sites (tertiary alicyclic amines) is 1. The van der Waals surface area contributed by atoms with E-state index in [0.29, 0.717) is 11.2 Å². The van der Waals surface area contributed by atoms with Gasteiger partial charge in [-0.2, -0.15) is 11.8 Å². The highest BCUT2D eigenvalue weighted by molar-refractivity contribution is 7.99. The number of unbranched alkanes of at least 4 members (excludes halogenated alkanes) is 1. The molecule has 1 saturated heterocycles. The molecule has 76 valence electrons. The molecule has 0 saturated carbocycles. The topological polar surface area (TPSA) is 20.3 Å². The van der Waals surface area contributed by atoms with Crippen molar-refractivity contribution >= 4 is 17.7 Å². The number of carbonyl (C=O) groups is 1. The third kappa shape index (κ3) is 3.22. The predicted octanol–water partition coefficient (Wildman–Crippen LogP) is 2.14. The van der Waals surface area contributed by atoms with Crippen LogP contribution in [0.5, 0.6) is 0 Å². The average molecular weight is 201 g/mol. The molecular weight excluding hydrogens is 182 g/mol. The second-order valence-corrected chi connectivity index (χ2v) is 4.73. The lowest BCUT2D eigenvalue weighted by atomic mass is 10.2. The molecule has 1 aliphatic rings. The quantitative estimate of drug-likeness (QED) is 0.694. The highest BCUT2D eigenvalue weighted by Gasteiger charge is 2.24. The van der Waals surface area contributed by atoms with Crippen LogP contribution in [0.4, 0.5) is 0 Å². The summed E-state index contributed by atoms with van der Waals surface area (Å²) in [5.74, 6) is 0.360. The van der Waals surface area contributed by atoms with Crippen molar-refractivity contribution in [1.29, 1.82) is 0 Å². The van der Waals surface area contributed by atoms with Crippen LogP contribution >= 0.6 is 11.8 Å². The molecule has 1 atom stereocenters. The van der Waals surface area contributed by atoms with E-state index in [9.17, 15) is 4.79 Å². The second kappa shape index (κ2) is 5.53. The van der Waals surface area contributed by atoms with Crippen LogP contribution in [0.15, 0.2) is 0 Å². The number of hydrogen-bond donors (Lipinski definition) is 0. The first-order chi connectivity index (χ1) is 6.27. The number of hydrogen-bond acceptors (Lipinski definition) is 2. The Bertz CT molecular complexity index is 172. The van der Waals surface area contributed by atoms with Crippen molar-refractivity contribution in [3.63, 3.8) is 0 Å². The summed E-state index contributed by atoms with van der Waals surface area (Å²) in [6.45, 7) is 4.08. The van der Waals surface area contributed by atoms with Crippen molar-refractivity contribution in [2.75, 3.05) is 19.3 Å². The van der Waals surface area contributed by atoms with Gasteiger partial charge in [0.05, 0.1) is 0 Å². The van der Waals surface area contributed by atoms with Crippen molar-refractivity contribution in [2.45, 2.75) is 37.9 Å². The fourth-order valence-electron chi connectivity index (χ4n) is 1.63. The van der Waals surface area contributed by atoms with Gasteiger partial charge in [-0.05, 0) is 19.1 Å². The van der Waals surface area contributed by atoms with Crippen LogP contribution in [0.1, 0.15) is 32.6 Å². The zero-order valence-electron chi connectivity index (χ0n) is 8.58. The van der Waals surface area contributed by atoms with Gasteiger partial charge >= 0.3 is 0 Å². The molecule has 3 heteroatoms.